The molecule has 208 valence electrons. The van der Waals surface area contributed by atoms with Crippen LogP contribution in [-0.4, -0.2) is 43.3 Å². The molecule has 1 N–H and O–H groups in total. The molecule has 0 unspecified atom stereocenters. The molecule has 1 fully saturated rings. The van der Waals surface area contributed by atoms with Crippen molar-refractivity contribution in [3.63, 3.8) is 0 Å². The van der Waals surface area contributed by atoms with Crippen molar-refractivity contribution in [1.29, 1.82) is 0 Å². The highest BCUT2D eigenvalue weighted by Crippen LogP contribution is 2.47. The van der Waals surface area contributed by atoms with Crippen molar-refractivity contribution < 1.29 is 0 Å². The Balaban J connectivity index is 1.39. The third kappa shape index (κ3) is 4.56. The third-order valence-electron chi connectivity index (χ3n) is 9.39. The number of nitrogens with one attached hydrogen (secondary N) is 1. The Morgan fingerprint density at radius 1 is 0.850 bits per heavy atom. The molecule has 0 amide bonds. The minimum absolute atomic E-state index is 0.0127. The van der Waals surface area contributed by atoms with Gasteiger partial charge in [-0.1, -0.05) is 76.2 Å². The fourth-order valence-corrected chi connectivity index (χ4v) is 7.12. The number of benzene rings is 2. The van der Waals surface area contributed by atoms with E-state index < -0.39 is 0 Å². The van der Waals surface area contributed by atoms with Crippen molar-refractivity contribution in [3.8, 4) is 0 Å². The van der Waals surface area contributed by atoms with Crippen LogP contribution in [0, 0.1) is 0 Å². The van der Waals surface area contributed by atoms with Crippen LogP contribution in [0.2, 0.25) is 0 Å². The normalized spacial score (nSPS) is 23.8. The Morgan fingerprint density at radius 3 is 2.33 bits per heavy atom. The standard InChI is InChI=1S/C36H44N4/c1-6-40-31-17-10-8-15-29(31)36(4,5)33(40)21-19-27-13-11-12-26(34(27)39-24-22-37-23-25-39)18-20-32-35(2,3)28-14-7-9-16-30(28)38-32/h7-10,14-21,37H,6,11-13,22-25H2,1-5H3. The molecule has 0 aromatic heterocycles. The summed E-state index contributed by atoms with van der Waals surface area (Å²) < 4.78 is 0. The number of para-hydroxylation sites is 2. The Bertz CT molecular complexity index is 1440. The molecular formula is C36H44N4. The van der Waals surface area contributed by atoms with Gasteiger partial charge in [0, 0.05) is 60.6 Å². The zero-order valence-corrected chi connectivity index (χ0v) is 24.9. The van der Waals surface area contributed by atoms with E-state index in [1.54, 1.807) is 0 Å². The van der Waals surface area contributed by atoms with Gasteiger partial charge in [-0.15, -0.1) is 0 Å². The highest BCUT2D eigenvalue weighted by Gasteiger charge is 2.39. The first-order valence-electron chi connectivity index (χ1n) is 15.2. The number of piperazine rings is 1. The summed E-state index contributed by atoms with van der Waals surface area (Å²) in [6.07, 6.45) is 13.0. The van der Waals surface area contributed by atoms with Gasteiger partial charge in [-0.2, -0.15) is 0 Å². The molecule has 40 heavy (non-hydrogen) atoms. The third-order valence-corrected chi connectivity index (χ3v) is 9.39. The largest absolute Gasteiger partial charge is 0.369 e. The lowest BCUT2D eigenvalue weighted by Gasteiger charge is -2.36. The highest BCUT2D eigenvalue weighted by atomic mass is 15.2. The first kappa shape index (κ1) is 26.8. The van der Waals surface area contributed by atoms with Gasteiger partial charge in [-0.3, -0.25) is 4.99 Å². The summed E-state index contributed by atoms with van der Waals surface area (Å²) in [6.45, 7) is 16.8. The van der Waals surface area contributed by atoms with Gasteiger partial charge in [0.1, 0.15) is 0 Å². The average Bonchev–Trinajstić information content (AvgIpc) is 3.36. The minimum atomic E-state index is -0.0761. The van der Waals surface area contributed by atoms with E-state index in [-0.39, 0.29) is 10.8 Å². The average molecular weight is 533 g/mol. The Labute approximate surface area is 240 Å². The number of rotatable bonds is 5. The number of likely N-dealkylation sites (N-methyl/N-ethyl adjacent to an activating group) is 1. The van der Waals surface area contributed by atoms with Crippen LogP contribution in [-0.2, 0) is 10.8 Å². The zero-order valence-electron chi connectivity index (χ0n) is 24.9. The summed E-state index contributed by atoms with van der Waals surface area (Å²) >= 11 is 0. The lowest BCUT2D eigenvalue weighted by Crippen LogP contribution is -2.43. The molecule has 0 bridgehead atoms. The molecule has 4 heteroatoms. The van der Waals surface area contributed by atoms with Crippen molar-refractivity contribution in [1.82, 2.24) is 10.2 Å². The van der Waals surface area contributed by atoms with Gasteiger partial charge in [0.2, 0.25) is 0 Å². The maximum Gasteiger partial charge on any atom is 0.0674 e. The summed E-state index contributed by atoms with van der Waals surface area (Å²) in [6, 6.07) is 17.5. The van der Waals surface area contributed by atoms with Crippen LogP contribution in [0.3, 0.4) is 0 Å². The molecule has 1 aliphatic carbocycles. The van der Waals surface area contributed by atoms with E-state index in [0.717, 1.165) is 57.0 Å². The highest BCUT2D eigenvalue weighted by molar-refractivity contribution is 6.08. The molecule has 4 nitrogen and oxygen atoms in total. The van der Waals surface area contributed by atoms with Gasteiger partial charge >= 0.3 is 0 Å². The second-order valence-electron chi connectivity index (χ2n) is 12.6. The van der Waals surface area contributed by atoms with Gasteiger partial charge in [-0.25, -0.2) is 0 Å². The number of fused-ring (bicyclic) bond motifs is 2. The number of aliphatic imine (C=N–C) groups is 1. The van der Waals surface area contributed by atoms with Gasteiger partial charge in [0.15, 0.2) is 0 Å². The van der Waals surface area contributed by atoms with Crippen molar-refractivity contribution in [2.24, 2.45) is 4.99 Å². The van der Waals surface area contributed by atoms with E-state index in [9.17, 15) is 0 Å². The van der Waals surface area contributed by atoms with E-state index in [4.69, 9.17) is 4.99 Å². The maximum absolute atomic E-state index is 5.04. The van der Waals surface area contributed by atoms with E-state index in [0.29, 0.717) is 0 Å². The molecular weight excluding hydrogens is 488 g/mol. The van der Waals surface area contributed by atoms with E-state index >= 15 is 0 Å². The van der Waals surface area contributed by atoms with Crippen LogP contribution in [0.1, 0.15) is 65.0 Å². The fraction of sp³-hybridized carbons (Fsp3) is 0.417. The lowest BCUT2D eigenvalue weighted by molar-refractivity contribution is 0.297. The van der Waals surface area contributed by atoms with Crippen LogP contribution in [0.15, 0.2) is 100 Å². The first-order chi connectivity index (χ1) is 19.3. The first-order valence-corrected chi connectivity index (χ1v) is 15.2. The lowest BCUT2D eigenvalue weighted by atomic mass is 9.81. The van der Waals surface area contributed by atoms with Crippen molar-refractivity contribution >= 4 is 17.1 Å². The molecule has 3 aliphatic heterocycles. The second kappa shape index (κ2) is 10.6. The number of allylic oxidation sites excluding steroid dienone is 7. The van der Waals surface area contributed by atoms with Crippen LogP contribution in [0.4, 0.5) is 11.4 Å². The quantitative estimate of drug-likeness (QED) is 0.431. The monoisotopic (exact) mass is 532 g/mol. The molecule has 0 atom stereocenters. The van der Waals surface area contributed by atoms with Crippen molar-refractivity contribution in [2.75, 3.05) is 37.6 Å². The molecule has 0 saturated carbocycles. The molecule has 1 saturated heterocycles. The molecule has 6 rings (SSSR count). The molecule has 2 aromatic carbocycles. The van der Waals surface area contributed by atoms with Gasteiger partial charge < -0.3 is 15.1 Å². The predicted octanol–water partition coefficient (Wildman–Crippen LogP) is 7.58. The minimum Gasteiger partial charge on any atom is -0.369 e. The predicted molar refractivity (Wildman–Crippen MR) is 170 cm³/mol. The number of anilines is 1. The summed E-state index contributed by atoms with van der Waals surface area (Å²) in [5.74, 6) is 0. The van der Waals surface area contributed by atoms with Crippen LogP contribution >= 0.6 is 0 Å². The van der Waals surface area contributed by atoms with Crippen LogP contribution in [0.25, 0.3) is 0 Å². The van der Waals surface area contributed by atoms with Gasteiger partial charge in [-0.05, 0) is 72.7 Å². The second-order valence-corrected chi connectivity index (χ2v) is 12.6. The maximum atomic E-state index is 5.04. The summed E-state index contributed by atoms with van der Waals surface area (Å²) in [5.41, 5.74) is 12.0. The summed E-state index contributed by atoms with van der Waals surface area (Å²) in [4.78, 5) is 10.2. The smallest absolute Gasteiger partial charge is 0.0674 e. The van der Waals surface area contributed by atoms with Crippen LogP contribution < -0.4 is 10.2 Å². The summed E-state index contributed by atoms with van der Waals surface area (Å²) in [5, 5.41) is 3.55. The van der Waals surface area contributed by atoms with Gasteiger partial charge in [0.05, 0.1) is 11.4 Å². The molecule has 0 radical (unpaired) electrons. The molecule has 0 spiro atoms. The Morgan fingerprint density at radius 2 is 1.57 bits per heavy atom. The zero-order chi connectivity index (χ0) is 27.9. The SMILES string of the molecule is CCN1C(=CC=C2CCCC(C=CC3=Nc4ccccc4C3(C)C)=C2N2CCNCC2)C(C)(C)c2ccccc21. The number of nitrogens with zero attached hydrogens (tertiary/aromatic N) is 3. The molecule has 2 aromatic rings. The van der Waals surface area contributed by atoms with Crippen molar-refractivity contribution in [3.05, 3.63) is 107 Å². The van der Waals surface area contributed by atoms with Crippen LogP contribution in [0.5, 0.6) is 0 Å². The number of hydrogen-bond acceptors (Lipinski definition) is 4. The topological polar surface area (TPSA) is 30.9 Å². The van der Waals surface area contributed by atoms with E-state index in [2.05, 4.69) is 123 Å². The Hall–Kier alpha value is -3.37. The summed E-state index contributed by atoms with van der Waals surface area (Å²) in [7, 11) is 0. The fourth-order valence-electron chi connectivity index (χ4n) is 7.12. The van der Waals surface area contributed by atoms with E-state index in [1.165, 1.54) is 45.8 Å². The molecule has 4 aliphatic rings. The van der Waals surface area contributed by atoms with Crippen molar-refractivity contribution in [2.45, 2.75) is 64.7 Å². The molecule has 3 heterocycles. The Kier molecular flexibility index (Phi) is 7.08. The number of hydrogen-bond donors (Lipinski definition) is 1. The van der Waals surface area contributed by atoms with Gasteiger partial charge in [0.25, 0.3) is 0 Å². The van der Waals surface area contributed by atoms with E-state index in [1.807, 2.05) is 0 Å².